The van der Waals surface area contributed by atoms with Crippen molar-refractivity contribution in [2.24, 2.45) is 0 Å². The molecular formula is C12H15BrN2O5S. The lowest BCUT2D eigenvalue weighted by atomic mass is 10.3. The summed E-state index contributed by atoms with van der Waals surface area (Å²) >= 11 is 3.21. The second-order valence-electron chi connectivity index (χ2n) is 4.21. The van der Waals surface area contributed by atoms with E-state index in [0.717, 1.165) is 0 Å². The van der Waals surface area contributed by atoms with Crippen LogP contribution >= 0.6 is 15.9 Å². The van der Waals surface area contributed by atoms with E-state index in [-0.39, 0.29) is 6.42 Å². The summed E-state index contributed by atoms with van der Waals surface area (Å²) in [5.41, 5.74) is 6.48. The number of nitrogen functional groups attached to an aromatic ring is 1. The molecule has 0 heterocycles. The predicted molar refractivity (Wildman–Crippen MR) is 82.5 cm³/mol. The number of methoxy groups -OCH3 is 1. The van der Waals surface area contributed by atoms with Crippen molar-refractivity contribution in [3.05, 3.63) is 22.7 Å². The van der Waals surface area contributed by atoms with Gasteiger partial charge in [-0.25, -0.2) is 8.42 Å². The Hall–Kier alpha value is -1.61. The van der Waals surface area contributed by atoms with Crippen LogP contribution in [0.1, 0.15) is 6.42 Å². The molecule has 1 aromatic carbocycles. The topological polar surface area (TPSA) is 116 Å². The second-order valence-corrected chi connectivity index (χ2v) is 7.24. The lowest BCUT2D eigenvalue weighted by Crippen LogP contribution is -2.25. The molecule has 1 aromatic rings. The first-order valence-electron chi connectivity index (χ1n) is 5.85. The molecular weight excluding hydrogens is 364 g/mol. The molecule has 0 fully saturated rings. The highest BCUT2D eigenvalue weighted by molar-refractivity contribution is 9.10. The smallest absolute Gasteiger partial charge is 0.306 e. The van der Waals surface area contributed by atoms with Gasteiger partial charge < -0.3 is 15.8 Å². The molecule has 9 heteroatoms. The number of ether oxygens (including phenoxy) is 1. The van der Waals surface area contributed by atoms with E-state index in [1.54, 1.807) is 18.2 Å². The molecule has 0 aliphatic rings. The minimum absolute atomic E-state index is 0.280. The molecule has 0 aromatic heterocycles. The molecule has 3 N–H and O–H groups in total. The van der Waals surface area contributed by atoms with Crippen molar-refractivity contribution in [3.63, 3.8) is 0 Å². The van der Waals surface area contributed by atoms with E-state index in [2.05, 4.69) is 26.0 Å². The minimum Gasteiger partial charge on any atom is -0.469 e. The summed E-state index contributed by atoms with van der Waals surface area (Å²) in [7, 11) is -2.51. The summed E-state index contributed by atoms with van der Waals surface area (Å²) in [6.45, 7) is 0. The molecule has 116 valence electrons. The van der Waals surface area contributed by atoms with Gasteiger partial charge in [0.25, 0.3) is 0 Å². The predicted octanol–water partition coefficient (Wildman–Crippen LogP) is 0.948. The average molecular weight is 379 g/mol. The van der Waals surface area contributed by atoms with Gasteiger partial charge in [0.2, 0.25) is 5.91 Å². The molecule has 0 radical (unpaired) electrons. The van der Waals surface area contributed by atoms with Crippen molar-refractivity contribution >= 4 is 49.0 Å². The highest BCUT2D eigenvalue weighted by atomic mass is 79.9. The maximum absolute atomic E-state index is 11.7. The number of benzene rings is 1. The molecule has 0 spiro atoms. The normalized spacial score (nSPS) is 11.0. The number of hydrogen-bond donors (Lipinski definition) is 2. The molecule has 0 atom stereocenters. The summed E-state index contributed by atoms with van der Waals surface area (Å²) in [6, 6.07) is 4.71. The van der Waals surface area contributed by atoms with Crippen LogP contribution in [-0.2, 0) is 24.2 Å². The monoisotopic (exact) mass is 378 g/mol. The van der Waals surface area contributed by atoms with E-state index in [4.69, 9.17) is 5.73 Å². The molecule has 0 saturated carbocycles. The molecule has 0 bridgehead atoms. The van der Waals surface area contributed by atoms with E-state index >= 15 is 0 Å². The number of nitrogens with one attached hydrogen (secondary N) is 1. The van der Waals surface area contributed by atoms with Gasteiger partial charge in [0, 0.05) is 10.2 Å². The van der Waals surface area contributed by atoms with Crippen LogP contribution < -0.4 is 11.1 Å². The lowest BCUT2D eigenvalue weighted by Gasteiger charge is -2.08. The summed E-state index contributed by atoms with van der Waals surface area (Å²) < 4.78 is 28.3. The molecule has 1 amide bonds. The standard InChI is InChI=1S/C12H15BrN2O5S/c1-20-12(17)4-5-21(18,19)7-11(16)15-10-3-2-8(14)6-9(10)13/h2-3,6H,4-5,7,14H2,1H3,(H,15,16). The zero-order valence-electron chi connectivity index (χ0n) is 11.3. The fourth-order valence-electron chi connectivity index (χ4n) is 1.43. The lowest BCUT2D eigenvalue weighted by molar-refractivity contribution is -0.140. The third-order valence-corrected chi connectivity index (χ3v) is 4.65. The zero-order valence-corrected chi connectivity index (χ0v) is 13.7. The van der Waals surface area contributed by atoms with Crippen LogP contribution in [0.3, 0.4) is 0 Å². The maximum atomic E-state index is 11.7. The number of sulfone groups is 1. The van der Waals surface area contributed by atoms with Gasteiger partial charge in [-0.15, -0.1) is 0 Å². The van der Waals surface area contributed by atoms with Gasteiger partial charge in [-0.1, -0.05) is 0 Å². The molecule has 21 heavy (non-hydrogen) atoms. The van der Waals surface area contributed by atoms with Crippen molar-refractivity contribution in [1.82, 2.24) is 0 Å². The third kappa shape index (κ3) is 6.13. The Morgan fingerprint density at radius 1 is 1.38 bits per heavy atom. The fourth-order valence-corrected chi connectivity index (χ4v) is 3.02. The minimum atomic E-state index is -3.68. The van der Waals surface area contributed by atoms with E-state index in [0.29, 0.717) is 15.8 Å². The Morgan fingerprint density at radius 2 is 2.05 bits per heavy atom. The van der Waals surface area contributed by atoms with Crippen molar-refractivity contribution in [1.29, 1.82) is 0 Å². The number of esters is 1. The Bertz CT molecular complexity index is 645. The van der Waals surface area contributed by atoms with Crippen LogP contribution in [0.2, 0.25) is 0 Å². The van der Waals surface area contributed by atoms with Crippen LogP contribution in [0.15, 0.2) is 22.7 Å². The van der Waals surface area contributed by atoms with Crippen LogP contribution in [0.25, 0.3) is 0 Å². The first-order valence-corrected chi connectivity index (χ1v) is 8.47. The van der Waals surface area contributed by atoms with Crippen molar-refractivity contribution in [2.45, 2.75) is 6.42 Å². The molecule has 0 aliphatic heterocycles. The molecule has 7 nitrogen and oxygen atoms in total. The van der Waals surface area contributed by atoms with Crippen molar-refractivity contribution in [2.75, 3.05) is 29.7 Å². The average Bonchev–Trinajstić information content (AvgIpc) is 2.38. The van der Waals surface area contributed by atoms with Gasteiger partial charge in [-0.2, -0.15) is 0 Å². The highest BCUT2D eigenvalue weighted by Gasteiger charge is 2.19. The van der Waals surface area contributed by atoms with E-state index < -0.39 is 33.2 Å². The zero-order chi connectivity index (χ0) is 16.0. The van der Waals surface area contributed by atoms with E-state index in [1.165, 1.54) is 7.11 Å². The number of carbonyl (C=O) groups excluding carboxylic acids is 2. The van der Waals surface area contributed by atoms with Crippen molar-refractivity contribution < 1.29 is 22.7 Å². The largest absolute Gasteiger partial charge is 0.469 e. The molecule has 0 unspecified atom stereocenters. The van der Waals surface area contributed by atoms with E-state index in [9.17, 15) is 18.0 Å². The fraction of sp³-hybridized carbons (Fsp3) is 0.333. The van der Waals surface area contributed by atoms with Gasteiger partial charge in [0.1, 0.15) is 5.75 Å². The first-order chi connectivity index (χ1) is 9.73. The second kappa shape index (κ2) is 7.41. The van der Waals surface area contributed by atoms with E-state index in [1.807, 2.05) is 0 Å². The number of nitrogens with two attached hydrogens (primary N) is 1. The third-order valence-electron chi connectivity index (χ3n) is 2.46. The van der Waals surface area contributed by atoms with Crippen LogP contribution in [0, 0.1) is 0 Å². The number of carbonyl (C=O) groups is 2. The number of anilines is 2. The summed E-state index contributed by atoms with van der Waals surface area (Å²) in [6.07, 6.45) is -0.280. The van der Waals surface area contributed by atoms with Gasteiger partial charge in [0.05, 0.1) is 25.0 Å². The number of amides is 1. The van der Waals surface area contributed by atoms with Crippen LogP contribution in [-0.4, -0.2) is 38.9 Å². The summed E-state index contributed by atoms with van der Waals surface area (Å²) in [4.78, 5) is 22.6. The number of hydrogen-bond acceptors (Lipinski definition) is 6. The molecule has 1 rings (SSSR count). The highest BCUT2D eigenvalue weighted by Crippen LogP contribution is 2.24. The van der Waals surface area contributed by atoms with Gasteiger partial charge in [0.15, 0.2) is 9.84 Å². The van der Waals surface area contributed by atoms with Gasteiger partial charge in [-0.3, -0.25) is 9.59 Å². The Labute approximate surface area is 130 Å². The number of rotatable bonds is 6. The first kappa shape index (κ1) is 17.4. The quantitative estimate of drug-likeness (QED) is 0.562. The summed E-state index contributed by atoms with van der Waals surface area (Å²) in [5, 5.41) is 2.46. The Kier molecular flexibility index (Phi) is 6.16. The number of halogens is 1. The maximum Gasteiger partial charge on any atom is 0.306 e. The van der Waals surface area contributed by atoms with Gasteiger partial charge >= 0.3 is 5.97 Å². The SMILES string of the molecule is COC(=O)CCS(=O)(=O)CC(=O)Nc1ccc(N)cc1Br. The van der Waals surface area contributed by atoms with Crippen LogP contribution in [0.4, 0.5) is 11.4 Å². The Morgan fingerprint density at radius 3 is 2.62 bits per heavy atom. The van der Waals surface area contributed by atoms with Gasteiger partial charge in [-0.05, 0) is 34.1 Å². The Balaban J connectivity index is 2.62. The summed E-state index contributed by atoms with van der Waals surface area (Å²) in [5.74, 6) is -2.47. The molecule has 0 saturated heterocycles. The van der Waals surface area contributed by atoms with Crippen LogP contribution in [0.5, 0.6) is 0 Å². The molecule has 0 aliphatic carbocycles. The van der Waals surface area contributed by atoms with Crippen molar-refractivity contribution in [3.8, 4) is 0 Å².